The zero-order valence-electron chi connectivity index (χ0n) is 13.2. The van der Waals surface area contributed by atoms with Crippen molar-refractivity contribution >= 4 is 0 Å². The maximum atomic E-state index is 13.9. The fourth-order valence-corrected chi connectivity index (χ4v) is 3.06. The van der Waals surface area contributed by atoms with Crippen LogP contribution in [0.2, 0.25) is 0 Å². The van der Waals surface area contributed by atoms with Crippen molar-refractivity contribution in [2.24, 2.45) is 5.92 Å². The molecule has 1 N–H and O–H groups in total. The number of benzene rings is 1. The van der Waals surface area contributed by atoms with Gasteiger partial charge in [0.05, 0.1) is 0 Å². The van der Waals surface area contributed by atoms with Crippen LogP contribution >= 0.6 is 0 Å². The van der Waals surface area contributed by atoms with Gasteiger partial charge in [-0.1, -0.05) is 20.8 Å². The molecule has 1 saturated heterocycles. The molecule has 2 rings (SSSR count). The average Bonchev–Trinajstić information content (AvgIpc) is 2.44. The molecule has 2 unspecified atom stereocenters. The SMILES string of the molecule is CCC1CN(Cc2cc(F)ccc2F)C(CC(C)C)CN1. The van der Waals surface area contributed by atoms with Gasteiger partial charge in [-0.2, -0.15) is 0 Å². The van der Waals surface area contributed by atoms with Crippen LogP contribution in [0.15, 0.2) is 18.2 Å². The van der Waals surface area contributed by atoms with Gasteiger partial charge in [0.1, 0.15) is 11.6 Å². The molecule has 1 aromatic rings. The average molecular weight is 296 g/mol. The molecular formula is C17H26F2N2. The molecule has 118 valence electrons. The second-order valence-electron chi connectivity index (χ2n) is 6.46. The normalized spacial score (nSPS) is 23.7. The van der Waals surface area contributed by atoms with Crippen molar-refractivity contribution in [1.82, 2.24) is 10.2 Å². The summed E-state index contributed by atoms with van der Waals surface area (Å²) in [5.74, 6) is -0.0879. The van der Waals surface area contributed by atoms with E-state index in [1.807, 2.05) is 0 Å². The Balaban J connectivity index is 2.13. The maximum Gasteiger partial charge on any atom is 0.127 e. The van der Waals surface area contributed by atoms with Gasteiger partial charge in [0, 0.05) is 37.3 Å². The molecule has 0 amide bonds. The van der Waals surface area contributed by atoms with Crippen molar-refractivity contribution in [2.45, 2.75) is 52.2 Å². The summed E-state index contributed by atoms with van der Waals surface area (Å²) >= 11 is 0. The minimum atomic E-state index is -0.367. The van der Waals surface area contributed by atoms with E-state index in [0.29, 0.717) is 30.1 Å². The molecule has 1 aliphatic rings. The lowest BCUT2D eigenvalue weighted by Crippen LogP contribution is -2.56. The summed E-state index contributed by atoms with van der Waals surface area (Å²) in [6.07, 6.45) is 2.12. The van der Waals surface area contributed by atoms with Gasteiger partial charge in [-0.25, -0.2) is 8.78 Å². The first kappa shape index (κ1) is 16.4. The van der Waals surface area contributed by atoms with Crippen LogP contribution in [0, 0.1) is 17.6 Å². The number of halogens is 2. The van der Waals surface area contributed by atoms with Crippen LogP contribution in [0.5, 0.6) is 0 Å². The van der Waals surface area contributed by atoms with Crippen LogP contribution in [-0.4, -0.2) is 30.1 Å². The second-order valence-corrected chi connectivity index (χ2v) is 6.46. The third-order valence-electron chi connectivity index (χ3n) is 4.23. The number of nitrogens with one attached hydrogen (secondary N) is 1. The number of hydrogen-bond donors (Lipinski definition) is 1. The Labute approximate surface area is 126 Å². The van der Waals surface area contributed by atoms with E-state index in [1.165, 1.54) is 18.2 Å². The lowest BCUT2D eigenvalue weighted by Gasteiger charge is -2.41. The van der Waals surface area contributed by atoms with E-state index in [1.54, 1.807) is 0 Å². The molecule has 1 heterocycles. The summed E-state index contributed by atoms with van der Waals surface area (Å²) in [6, 6.07) is 4.55. The molecule has 2 nitrogen and oxygen atoms in total. The smallest absolute Gasteiger partial charge is 0.127 e. The van der Waals surface area contributed by atoms with Crippen molar-refractivity contribution in [3.8, 4) is 0 Å². The van der Waals surface area contributed by atoms with Crippen LogP contribution in [0.4, 0.5) is 8.78 Å². The molecule has 1 aliphatic heterocycles. The van der Waals surface area contributed by atoms with Crippen molar-refractivity contribution < 1.29 is 8.78 Å². The van der Waals surface area contributed by atoms with Gasteiger partial charge in [0.15, 0.2) is 0 Å². The molecule has 0 bridgehead atoms. The minimum Gasteiger partial charge on any atom is -0.311 e. The Morgan fingerprint density at radius 3 is 2.76 bits per heavy atom. The minimum absolute atomic E-state index is 0.314. The van der Waals surface area contributed by atoms with Crippen molar-refractivity contribution in [3.05, 3.63) is 35.4 Å². The summed E-state index contributed by atoms with van der Waals surface area (Å²) in [6.45, 7) is 8.86. The Morgan fingerprint density at radius 1 is 1.33 bits per heavy atom. The molecule has 21 heavy (non-hydrogen) atoms. The molecule has 1 fully saturated rings. The first-order valence-electron chi connectivity index (χ1n) is 7.91. The van der Waals surface area contributed by atoms with E-state index in [0.717, 1.165) is 25.9 Å². The standard InChI is InChI=1S/C17H26F2N2/c1-4-15-11-21(16(9-20-15)7-12(2)3)10-13-8-14(18)5-6-17(13)19/h5-6,8,12,15-16,20H,4,7,9-11H2,1-3H3. The first-order chi connectivity index (χ1) is 9.99. The Hall–Kier alpha value is -1.00. The molecule has 4 heteroatoms. The number of rotatable bonds is 5. The highest BCUT2D eigenvalue weighted by atomic mass is 19.1. The van der Waals surface area contributed by atoms with Gasteiger partial charge in [0.25, 0.3) is 0 Å². The fraction of sp³-hybridized carbons (Fsp3) is 0.647. The monoisotopic (exact) mass is 296 g/mol. The van der Waals surface area contributed by atoms with Crippen LogP contribution in [0.25, 0.3) is 0 Å². The lowest BCUT2D eigenvalue weighted by atomic mass is 9.97. The highest BCUT2D eigenvalue weighted by Crippen LogP contribution is 2.21. The van der Waals surface area contributed by atoms with Gasteiger partial charge in [0.2, 0.25) is 0 Å². The van der Waals surface area contributed by atoms with Crippen molar-refractivity contribution in [2.75, 3.05) is 13.1 Å². The fourth-order valence-electron chi connectivity index (χ4n) is 3.06. The number of piperazine rings is 1. The molecule has 1 aromatic carbocycles. The zero-order valence-corrected chi connectivity index (χ0v) is 13.2. The second kappa shape index (κ2) is 7.32. The van der Waals surface area contributed by atoms with Gasteiger partial charge >= 0.3 is 0 Å². The topological polar surface area (TPSA) is 15.3 Å². The van der Waals surface area contributed by atoms with Crippen LogP contribution in [0.3, 0.4) is 0 Å². The van der Waals surface area contributed by atoms with Gasteiger partial charge in [-0.05, 0) is 37.0 Å². The first-order valence-corrected chi connectivity index (χ1v) is 7.91. The summed E-state index contributed by atoms with van der Waals surface area (Å²) in [7, 11) is 0. The van der Waals surface area contributed by atoms with E-state index in [9.17, 15) is 8.78 Å². The predicted octanol–water partition coefficient (Wildman–Crippen LogP) is 3.56. The van der Waals surface area contributed by atoms with Crippen LogP contribution in [-0.2, 0) is 6.54 Å². The van der Waals surface area contributed by atoms with E-state index >= 15 is 0 Å². The molecular weight excluding hydrogens is 270 g/mol. The third-order valence-corrected chi connectivity index (χ3v) is 4.23. The van der Waals surface area contributed by atoms with Crippen LogP contribution < -0.4 is 5.32 Å². The van der Waals surface area contributed by atoms with Gasteiger partial charge < -0.3 is 5.32 Å². The van der Waals surface area contributed by atoms with Gasteiger partial charge in [-0.15, -0.1) is 0 Å². The van der Waals surface area contributed by atoms with E-state index in [4.69, 9.17) is 0 Å². The van der Waals surface area contributed by atoms with E-state index < -0.39 is 0 Å². The van der Waals surface area contributed by atoms with E-state index in [2.05, 4.69) is 31.0 Å². The highest BCUT2D eigenvalue weighted by molar-refractivity contribution is 5.19. The molecule has 2 atom stereocenters. The molecule has 0 saturated carbocycles. The van der Waals surface area contributed by atoms with E-state index in [-0.39, 0.29) is 11.6 Å². The molecule has 0 aromatic heterocycles. The van der Waals surface area contributed by atoms with Crippen molar-refractivity contribution in [3.63, 3.8) is 0 Å². The molecule has 0 radical (unpaired) electrons. The summed E-state index contributed by atoms with van der Waals surface area (Å²) in [4.78, 5) is 2.31. The molecule has 0 aliphatic carbocycles. The largest absolute Gasteiger partial charge is 0.311 e. The molecule has 0 spiro atoms. The summed E-state index contributed by atoms with van der Waals surface area (Å²) < 4.78 is 27.2. The zero-order chi connectivity index (χ0) is 15.4. The quantitative estimate of drug-likeness (QED) is 0.893. The predicted molar refractivity (Wildman–Crippen MR) is 82.1 cm³/mol. The number of hydrogen-bond acceptors (Lipinski definition) is 2. The Bertz CT molecular complexity index is 462. The van der Waals surface area contributed by atoms with Crippen LogP contribution in [0.1, 0.15) is 39.2 Å². The summed E-state index contributed by atoms with van der Waals surface area (Å²) in [5, 5.41) is 3.56. The maximum absolute atomic E-state index is 13.9. The van der Waals surface area contributed by atoms with Gasteiger partial charge in [-0.3, -0.25) is 4.90 Å². The Morgan fingerprint density at radius 2 is 2.10 bits per heavy atom. The Kier molecular flexibility index (Phi) is 5.71. The van der Waals surface area contributed by atoms with Crippen molar-refractivity contribution in [1.29, 1.82) is 0 Å². The highest BCUT2D eigenvalue weighted by Gasteiger charge is 2.28. The number of nitrogens with zero attached hydrogens (tertiary/aromatic N) is 1. The third kappa shape index (κ3) is 4.48. The lowest BCUT2D eigenvalue weighted by molar-refractivity contribution is 0.104. The summed E-state index contributed by atoms with van der Waals surface area (Å²) in [5.41, 5.74) is 0.459.